The van der Waals surface area contributed by atoms with Gasteiger partial charge in [0, 0.05) is 12.1 Å². The Hall–Kier alpha value is -3.45. The van der Waals surface area contributed by atoms with Crippen LogP contribution in [0.4, 0.5) is 36.4 Å². The Morgan fingerprint density at radius 2 is 1.52 bits per heavy atom. The molecule has 3 aromatic rings. The lowest BCUT2D eigenvalue weighted by molar-refractivity contribution is -0.274. The van der Waals surface area contributed by atoms with E-state index in [1.807, 2.05) is 4.90 Å². The Balaban J connectivity index is 1.72. The van der Waals surface area contributed by atoms with Crippen LogP contribution in [0.5, 0.6) is 17.2 Å². The first kappa shape index (κ1) is 33.4. The zero-order valence-corrected chi connectivity index (χ0v) is 25.9. The van der Waals surface area contributed by atoms with Crippen molar-refractivity contribution in [2.75, 3.05) is 24.7 Å². The second kappa shape index (κ2) is 12.5. The molecule has 5 nitrogen and oxygen atoms in total. The summed E-state index contributed by atoms with van der Waals surface area (Å²) in [6, 6.07) is 15.7. The van der Waals surface area contributed by atoms with Crippen LogP contribution in [-0.2, 0) is 4.43 Å². The first-order chi connectivity index (χ1) is 20.4. The number of halogens is 7. The topological polar surface area (TPSA) is 40.2 Å². The van der Waals surface area contributed by atoms with E-state index in [0.717, 1.165) is 6.07 Å². The first-order valence-corrected chi connectivity index (χ1v) is 16.8. The zero-order chi connectivity index (χ0) is 32.5. The van der Waals surface area contributed by atoms with E-state index in [4.69, 9.17) is 9.16 Å². The fourth-order valence-electron chi connectivity index (χ4n) is 4.57. The van der Waals surface area contributed by atoms with Crippen LogP contribution in [-0.4, -0.2) is 47.0 Å². The summed E-state index contributed by atoms with van der Waals surface area (Å²) < 4.78 is 113. The van der Waals surface area contributed by atoms with Gasteiger partial charge in [0.15, 0.2) is 14.1 Å². The molecule has 1 aliphatic rings. The molecule has 0 bridgehead atoms. The van der Waals surface area contributed by atoms with Gasteiger partial charge in [0.25, 0.3) is 0 Å². The molecule has 4 rings (SSSR count). The number of ether oxygens (including phenoxy) is 3. The predicted octanol–water partition coefficient (Wildman–Crippen LogP) is 9.45. The van der Waals surface area contributed by atoms with Gasteiger partial charge in [-0.05, 0) is 59.6 Å². The van der Waals surface area contributed by atoms with E-state index in [-0.39, 0.29) is 11.6 Å². The van der Waals surface area contributed by atoms with E-state index in [1.54, 1.807) is 30.3 Å². The smallest absolute Gasteiger partial charge is 0.488 e. The van der Waals surface area contributed by atoms with Crippen LogP contribution in [0.15, 0.2) is 66.7 Å². The third kappa shape index (κ3) is 7.79. The summed E-state index contributed by atoms with van der Waals surface area (Å²) in [5, 5.41) is -0.0619. The number of nitrogens with zero attached hydrogens (tertiary/aromatic N) is 1. The number of hydrogen-bond donors (Lipinski definition) is 0. The summed E-state index contributed by atoms with van der Waals surface area (Å²) in [5.41, 5.74) is 1.99. The largest absolute Gasteiger partial charge is 0.573 e. The molecule has 0 spiro atoms. The number of alkyl halides is 7. The minimum Gasteiger partial charge on any atom is -0.488 e. The van der Waals surface area contributed by atoms with Crippen molar-refractivity contribution in [3.8, 4) is 28.4 Å². The van der Waals surface area contributed by atoms with Gasteiger partial charge in [0.1, 0.15) is 18.1 Å². The van der Waals surface area contributed by atoms with Crippen molar-refractivity contribution < 1.29 is 49.4 Å². The quantitative estimate of drug-likeness (QED) is 0.162. The molecule has 0 saturated heterocycles. The summed E-state index contributed by atoms with van der Waals surface area (Å²) in [4.78, 5) is 1.95. The molecule has 0 amide bonds. The average Bonchev–Trinajstić information content (AvgIpc) is 2.91. The highest BCUT2D eigenvalue weighted by atomic mass is 28.4. The van der Waals surface area contributed by atoms with Crippen molar-refractivity contribution in [3.63, 3.8) is 0 Å². The lowest BCUT2D eigenvalue weighted by Crippen LogP contribution is -2.44. The van der Waals surface area contributed by atoms with Crippen molar-refractivity contribution in [3.05, 3.63) is 72.3 Å². The summed E-state index contributed by atoms with van der Waals surface area (Å²) in [7, 11) is -2.16. The van der Waals surface area contributed by atoms with Gasteiger partial charge in [-0.1, -0.05) is 57.2 Å². The van der Waals surface area contributed by atoms with Gasteiger partial charge in [0.05, 0.1) is 18.3 Å². The maximum absolute atomic E-state index is 13.7. The van der Waals surface area contributed by atoms with E-state index < -0.39 is 44.8 Å². The SMILES string of the molecule is CC(C)(C)[Si](C)(C)OCCN1c2cccc(-c3cccc(OC(F)(F)F)c3)c2OCC1c1cccc(OC(F)(F)C(F)F)c1. The predicted molar refractivity (Wildman–Crippen MR) is 155 cm³/mol. The fraction of sp³-hybridized carbons (Fsp3) is 0.419. The molecule has 0 fully saturated rings. The van der Waals surface area contributed by atoms with Crippen LogP contribution in [0.3, 0.4) is 0 Å². The summed E-state index contributed by atoms with van der Waals surface area (Å²) in [6.07, 6.45) is -13.6. The minimum atomic E-state index is -4.86. The summed E-state index contributed by atoms with van der Waals surface area (Å²) >= 11 is 0. The first-order valence-electron chi connectivity index (χ1n) is 13.9. The van der Waals surface area contributed by atoms with Crippen LogP contribution in [0.2, 0.25) is 18.1 Å². The molecule has 0 radical (unpaired) electrons. The highest BCUT2D eigenvalue weighted by Gasteiger charge is 2.44. The van der Waals surface area contributed by atoms with E-state index >= 15 is 0 Å². The highest BCUT2D eigenvalue weighted by molar-refractivity contribution is 6.74. The summed E-state index contributed by atoms with van der Waals surface area (Å²) in [5.74, 6) is -0.429. The van der Waals surface area contributed by atoms with Gasteiger partial charge in [-0.25, -0.2) is 0 Å². The standard InChI is InChI=1S/C31H34F7NO4Si/c1-29(2,3)44(4,5)41-16-15-39-25-14-8-13-24(20-9-6-12-23(17-20)43-31(36,37)38)27(25)40-19-26(39)21-10-7-11-22(18-21)42-30(34,35)28(32)33/h6-14,17-18,26,28H,15-16,19H2,1-5H3. The number of hydrogen-bond acceptors (Lipinski definition) is 5. The van der Waals surface area contributed by atoms with Crippen molar-refractivity contribution in [2.45, 2.75) is 63.8 Å². The Labute approximate surface area is 252 Å². The van der Waals surface area contributed by atoms with E-state index in [0.29, 0.717) is 41.3 Å². The molecule has 44 heavy (non-hydrogen) atoms. The van der Waals surface area contributed by atoms with Crippen LogP contribution >= 0.6 is 0 Å². The van der Waals surface area contributed by atoms with Crippen LogP contribution < -0.4 is 19.1 Å². The van der Waals surface area contributed by atoms with Gasteiger partial charge in [0.2, 0.25) is 0 Å². The Kier molecular flexibility index (Phi) is 9.50. The molecule has 1 aliphatic heterocycles. The van der Waals surface area contributed by atoms with E-state index in [1.165, 1.54) is 30.3 Å². The molecule has 0 saturated carbocycles. The molecule has 0 aromatic heterocycles. The van der Waals surface area contributed by atoms with Gasteiger partial charge >= 0.3 is 18.9 Å². The normalized spacial score (nSPS) is 16.0. The molecule has 1 atom stereocenters. The number of fused-ring (bicyclic) bond motifs is 1. The average molecular weight is 646 g/mol. The second-order valence-electron chi connectivity index (χ2n) is 11.9. The second-order valence-corrected chi connectivity index (χ2v) is 16.7. The maximum Gasteiger partial charge on any atom is 0.573 e. The molecular formula is C31H34F7NO4Si. The number of rotatable bonds is 10. The maximum atomic E-state index is 13.7. The summed E-state index contributed by atoms with van der Waals surface area (Å²) in [6.45, 7) is 11.2. The third-order valence-electron chi connectivity index (χ3n) is 7.80. The van der Waals surface area contributed by atoms with Crippen LogP contribution in [0.1, 0.15) is 32.4 Å². The third-order valence-corrected chi connectivity index (χ3v) is 12.3. The van der Waals surface area contributed by atoms with E-state index in [2.05, 4.69) is 43.3 Å². The Morgan fingerprint density at radius 1 is 0.886 bits per heavy atom. The number of benzene rings is 3. The minimum absolute atomic E-state index is 0.0114. The van der Waals surface area contributed by atoms with Gasteiger partial charge in [-0.3, -0.25) is 0 Å². The van der Waals surface area contributed by atoms with Crippen molar-refractivity contribution >= 4 is 14.0 Å². The van der Waals surface area contributed by atoms with Crippen LogP contribution in [0.25, 0.3) is 11.1 Å². The fourth-order valence-corrected chi connectivity index (χ4v) is 5.60. The monoisotopic (exact) mass is 645 g/mol. The van der Waals surface area contributed by atoms with Gasteiger partial charge in [-0.2, -0.15) is 17.6 Å². The van der Waals surface area contributed by atoms with Gasteiger partial charge < -0.3 is 23.5 Å². The molecule has 0 aliphatic carbocycles. The Bertz CT molecular complexity index is 1440. The van der Waals surface area contributed by atoms with Crippen molar-refractivity contribution in [2.24, 2.45) is 0 Å². The van der Waals surface area contributed by atoms with Crippen molar-refractivity contribution in [1.29, 1.82) is 0 Å². The molecule has 240 valence electrons. The van der Waals surface area contributed by atoms with Crippen LogP contribution in [0, 0.1) is 0 Å². The lowest BCUT2D eigenvalue weighted by Gasteiger charge is -2.41. The number of anilines is 1. The number of para-hydroxylation sites is 1. The molecule has 0 N–H and O–H groups in total. The molecule has 1 heterocycles. The Morgan fingerprint density at radius 3 is 2.16 bits per heavy atom. The molecular weight excluding hydrogens is 611 g/mol. The molecule has 1 unspecified atom stereocenters. The zero-order valence-electron chi connectivity index (χ0n) is 24.9. The molecule has 3 aromatic carbocycles. The lowest BCUT2D eigenvalue weighted by atomic mass is 9.98. The van der Waals surface area contributed by atoms with Crippen molar-refractivity contribution in [1.82, 2.24) is 0 Å². The highest BCUT2D eigenvalue weighted by Crippen LogP contribution is 2.46. The van der Waals surface area contributed by atoms with Gasteiger partial charge in [-0.15, -0.1) is 13.2 Å². The molecule has 13 heteroatoms. The van der Waals surface area contributed by atoms with E-state index in [9.17, 15) is 30.7 Å².